The van der Waals surface area contributed by atoms with E-state index in [0.717, 1.165) is 39.9 Å². The van der Waals surface area contributed by atoms with Crippen LogP contribution >= 0.6 is 11.8 Å². The summed E-state index contributed by atoms with van der Waals surface area (Å²) in [6.45, 7) is 9.15. The van der Waals surface area contributed by atoms with E-state index in [9.17, 15) is 9.59 Å². The SMILES string of the molecule is CCCSCCCNC(=O)c1ccc(Cn2c(=O)c(C)nc3cc(C)c(C)cc32)cc1. The van der Waals surface area contributed by atoms with E-state index >= 15 is 0 Å². The van der Waals surface area contributed by atoms with Crippen LogP contribution in [-0.4, -0.2) is 33.5 Å². The number of hydrogen-bond donors (Lipinski definition) is 1. The molecule has 0 atom stereocenters. The first-order chi connectivity index (χ1) is 14.9. The standard InChI is InChI=1S/C25H31N3O2S/c1-5-12-31-13-6-11-26-24(29)21-9-7-20(8-10-21)16-28-23-15-18(3)17(2)14-22(23)27-19(4)25(28)30/h7-10,14-15H,5-6,11-13,16H2,1-4H3,(H,26,29). The fourth-order valence-electron chi connectivity index (χ4n) is 3.45. The van der Waals surface area contributed by atoms with Gasteiger partial charge in [-0.1, -0.05) is 19.1 Å². The molecular formula is C25H31N3O2S. The molecule has 0 fully saturated rings. The number of carbonyl (C=O) groups is 1. The second kappa shape index (κ2) is 10.6. The van der Waals surface area contributed by atoms with Crippen molar-refractivity contribution in [1.82, 2.24) is 14.9 Å². The van der Waals surface area contributed by atoms with Gasteiger partial charge in [0, 0.05) is 12.1 Å². The number of carbonyl (C=O) groups excluding carboxylic acids is 1. The summed E-state index contributed by atoms with van der Waals surface area (Å²) < 4.78 is 1.77. The molecule has 1 N–H and O–H groups in total. The number of aromatic nitrogens is 2. The topological polar surface area (TPSA) is 64.0 Å². The molecule has 31 heavy (non-hydrogen) atoms. The van der Waals surface area contributed by atoms with Crippen LogP contribution in [0.15, 0.2) is 41.2 Å². The van der Waals surface area contributed by atoms with Gasteiger partial charge in [0.2, 0.25) is 0 Å². The van der Waals surface area contributed by atoms with Crippen LogP contribution in [0.4, 0.5) is 0 Å². The quantitative estimate of drug-likeness (QED) is 0.496. The molecule has 0 unspecified atom stereocenters. The number of rotatable bonds is 9. The van der Waals surface area contributed by atoms with Crippen LogP contribution in [0.25, 0.3) is 11.0 Å². The predicted octanol–water partition coefficient (Wildman–Crippen LogP) is 4.63. The number of aryl methyl sites for hydroxylation is 3. The lowest BCUT2D eigenvalue weighted by atomic mass is 10.1. The van der Waals surface area contributed by atoms with E-state index in [1.54, 1.807) is 11.5 Å². The molecule has 0 bridgehead atoms. The van der Waals surface area contributed by atoms with Crippen molar-refractivity contribution in [3.8, 4) is 0 Å². The maximum Gasteiger partial charge on any atom is 0.272 e. The Balaban J connectivity index is 1.72. The van der Waals surface area contributed by atoms with Gasteiger partial charge < -0.3 is 9.88 Å². The summed E-state index contributed by atoms with van der Waals surface area (Å²) in [5.41, 5.74) is 5.96. The number of benzene rings is 2. The molecule has 2 aromatic carbocycles. The van der Waals surface area contributed by atoms with Crippen LogP contribution in [0.3, 0.4) is 0 Å². The lowest BCUT2D eigenvalue weighted by Crippen LogP contribution is -2.25. The van der Waals surface area contributed by atoms with Gasteiger partial charge in [-0.3, -0.25) is 9.59 Å². The van der Waals surface area contributed by atoms with E-state index in [4.69, 9.17) is 0 Å². The molecular weight excluding hydrogens is 406 g/mol. The van der Waals surface area contributed by atoms with Gasteiger partial charge in [-0.05, 0) is 86.1 Å². The molecule has 0 spiro atoms. The van der Waals surface area contributed by atoms with Crippen LogP contribution in [0.5, 0.6) is 0 Å². The Morgan fingerprint density at radius 3 is 2.48 bits per heavy atom. The Morgan fingerprint density at radius 2 is 1.77 bits per heavy atom. The summed E-state index contributed by atoms with van der Waals surface area (Å²) in [6.07, 6.45) is 2.16. The molecule has 0 aliphatic heterocycles. The summed E-state index contributed by atoms with van der Waals surface area (Å²) in [5.74, 6) is 2.19. The van der Waals surface area contributed by atoms with Crippen molar-refractivity contribution in [2.75, 3.05) is 18.1 Å². The van der Waals surface area contributed by atoms with E-state index in [1.807, 2.05) is 55.1 Å². The predicted molar refractivity (Wildman–Crippen MR) is 130 cm³/mol. The highest BCUT2D eigenvalue weighted by Crippen LogP contribution is 2.18. The maximum atomic E-state index is 12.8. The summed E-state index contributed by atoms with van der Waals surface area (Å²) in [7, 11) is 0. The first-order valence-electron chi connectivity index (χ1n) is 10.8. The summed E-state index contributed by atoms with van der Waals surface area (Å²) in [4.78, 5) is 29.7. The zero-order chi connectivity index (χ0) is 22.4. The molecule has 3 rings (SSSR count). The number of nitrogens with one attached hydrogen (secondary N) is 1. The second-order valence-corrected chi connectivity index (χ2v) is 9.16. The number of thioether (sulfide) groups is 1. The molecule has 0 aliphatic carbocycles. The molecule has 0 radical (unpaired) electrons. The van der Waals surface area contributed by atoms with Crippen LogP contribution in [-0.2, 0) is 6.54 Å². The molecule has 5 nitrogen and oxygen atoms in total. The van der Waals surface area contributed by atoms with Crippen molar-refractivity contribution in [1.29, 1.82) is 0 Å². The zero-order valence-corrected chi connectivity index (χ0v) is 19.6. The minimum absolute atomic E-state index is 0.0551. The molecule has 1 aromatic heterocycles. The average Bonchev–Trinajstić information content (AvgIpc) is 2.76. The highest BCUT2D eigenvalue weighted by Gasteiger charge is 2.11. The Hall–Kier alpha value is -2.60. The second-order valence-electron chi connectivity index (χ2n) is 7.93. The molecule has 3 aromatic rings. The fourth-order valence-corrected chi connectivity index (χ4v) is 4.29. The Morgan fingerprint density at radius 1 is 1.06 bits per heavy atom. The van der Waals surface area contributed by atoms with E-state index in [0.29, 0.717) is 24.3 Å². The largest absolute Gasteiger partial charge is 0.352 e. The molecule has 0 saturated carbocycles. The van der Waals surface area contributed by atoms with E-state index in [2.05, 4.69) is 24.1 Å². The number of hydrogen-bond acceptors (Lipinski definition) is 4. The van der Waals surface area contributed by atoms with Crippen molar-refractivity contribution in [3.63, 3.8) is 0 Å². The maximum absolute atomic E-state index is 12.8. The van der Waals surface area contributed by atoms with E-state index in [1.165, 1.54) is 12.2 Å². The van der Waals surface area contributed by atoms with Crippen molar-refractivity contribution >= 4 is 28.7 Å². The monoisotopic (exact) mass is 437 g/mol. The number of fused-ring (bicyclic) bond motifs is 1. The third-order valence-corrected chi connectivity index (χ3v) is 6.66. The molecule has 1 amide bonds. The number of nitrogens with zero attached hydrogens (tertiary/aromatic N) is 2. The van der Waals surface area contributed by atoms with Crippen LogP contribution in [0.2, 0.25) is 0 Å². The van der Waals surface area contributed by atoms with Crippen molar-refractivity contribution in [3.05, 3.63) is 74.7 Å². The van der Waals surface area contributed by atoms with Crippen molar-refractivity contribution in [2.45, 2.75) is 47.1 Å². The lowest BCUT2D eigenvalue weighted by Gasteiger charge is -2.13. The van der Waals surface area contributed by atoms with E-state index < -0.39 is 0 Å². The first kappa shape index (κ1) is 23.1. The van der Waals surface area contributed by atoms with Crippen LogP contribution < -0.4 is 10.9 Å². The highest BCUT2D eigenvalue weighted by molar-refractivity contribution is 7.99. The van der Waals surface area contributed by atoms with Crippen molar-refractivity contribution in [2.24, 2.45) is 0 Å². The van der Waals surface area contributed by atoms with Gasteiger partial charge in [0.1, 0.15) is 5.69 Å². The van der Waals surface area contributed by atoms with Crippen LogP contribution in [0.1, 0.15) is 52.5 Å². The molecule has 0 saturated heterocycles. The normalized spacial score (nSPS) is 11.1. The Kier molecular flexibility index (Phi) is 7.91. The van der Waals surface area contributed by atoms with Gasteiger partial charge >= 0.3 is 0 Å². The average molecular weight is 438 g/mol. The summed E-state index contributed by atoms with van der Waals surface area (Å²) >= 11 is 1.92. The molecule has 1 heterocycles. The first-order valence-corrected chi connectivity index (χ1v) is 12.0. The number of amides is 1. The van der Waals surface area contributed by atoms with E-state index in [-0.39, 0.29) is 11.5 Å². The molecule has 6 heteroatoms. The minimum Gasteiger partial charge on any atom is -0.352 e. The zero-order valence-electron chi connectivity index (χ0n) is 18.8. The highest BCUT2D eigenvalue weighted by atomic mass is 32.2. The molecule has 0 aliphatic rings. The third-order valence-electron chi connectivity index (χ3n) is 5.38. The molecule has 164 valence electrons. The lowest BCUT2D eigenvalue weighted by molar-refractivity contribution is 0.0954. The minimum atomic E-state index is -0.0847. The van der Waals surface area contributed by atoms with Gasteiger partial charge in [-0.15, -0.1) is 0 Å². The van der Waals surface area contributed by atoms with Gasteiger partial charge in [0.25, 0.3) is 11.5 Å². The fraction of sp³-hybridized carbons (Fsp3) is 0.400. The van der Waals surface area contributed by atoms with Gasteiger partial charge in [0.05, 0.1) is 17.6 Å². The van der Waals surface area contributed by atoms with Crippen LogP contribution in [0, 0.1) is 20.8 Å². The van der Waals surface area contributed by atoms with Gasteiger partial charge in [-0.25, -0.2) is 4.98 Å². The summed E-state index contributed by atoms with van der Waals surface area (Å²) in [6, 6.07) is 11.5. The Bertz CT molecular complexity index is 1120. The van der Waals surface area contributed by atoms with Crippen molar-refractivity contribution < 1.29 is 4.79 Å². The summed E-state index contributed by atoms with van der Waals surface area (Å²) in [5, 5.41) is 2.98. The van der Waals surface area contributed by atoms with Gasteiger partial charge in [-0.2, -0.15) is 11.8 Å². The third kappa shape index (κ3) is 5.76. The smallest absolute Gasteiger partial charge is 0.272 e. The Labute approximate surface area is 188 Å². The van der Waals surface area contributed by atoms with Gasteiger partial charge in [0.15, 0.2) is 0 Å².